The van der Waals surface area contributed by atoms with Gasteiger partial charge in [-0.2, -0.15) is 0 Å². The summed E-state index contributed by atoms with van der Waals surface area (Å²) in [6.07, 6.45) is 1.73. The number of carbonyl (C=O) groups is 1. The normalized spacial score (nSPS) is 10.3. The summed E-state index contributed by atoms with van der Waals surface area (Å²) in [4.78, 5) is 20.8. The van der Waals surface area contributed by atoms with Crippen molar-refractivity contribution in [3.8, 4) is 11.3 Å². The van der Waals surface area contributed by atoms with Crippen LogP contribution >= 0.6 is 24.0 Å². The van der Waals surface area contributed by atoms with E-state index >= 15 is 0 Å². The minimum atomic E-state index is -0.0932. The van der Waals surface area contributed by atoms with Gasteiger partial charge in [-0.25, -0.2) is 9.97 Å². The maximum atomic E-state index is 12.2. The number of rotatable bonds is 5. The van der Waals surface area contributed by atoms with Crippen LogP contribution in [0, 0.1) is 6.92 Å². The molecule has 0 aliphatic rings. The molecule has 0 unspecified atom stereocenters. The average Bonchev–Trinajstić information content (AvgIpc) is 2.67. The Bertz CT molecular complexity index is 929. The molecule has 0 fully saturated rings. The molecule has 6 heteroatoms. The van der Waals surface area contributed by atoms with Gasteiger partial charge in [-0.3, -0.25) is 4.79 Å². The molecule has 0 spiro atoms. The minimum Gasteiger partial charge on any atom is -0.325 e. The highest BCUT2D eigenvalue weighted by atomic mass is 32.2. The number of hydrogen-bond donors (Lipinski definition) is 1. The zero-order valence-electron chi connectivity index (χ0n) is 14.2. The van der Waals surface area contributed by atoms with Crippen LogP contribution in [0.1, 0.15) is 11.4 Å². The van der Waals surface area contributed by atoms with Crippen LogP contribution in [0.25, 0.3) is 11.3 Å². The van der Waals surface area contributed by atoms with Gasteiger partial charge in [0.05, 0.1) is 15.6 Å². The number of anilines is 1. The molecule has 3 rings (SSSR count). The number of aromatic nitrogens is 2. The highest BCUT2D eigenvalue weighted by molar-refractivity contribution is 8.24. The third kappa shape index (κ3) is 4.97. The molecule has 26 heavy (non-hydrogen) atoms. The zero-order chi connectivity index (χ0) is 18.4. The summed E-state index contributed by atoms with van der Waals surface area (Å²) in [5.74, 6) is 0.886. The second-order valence-electron chi connectivity index (χ2n) is 5.56. The van der Waals surface area contributed by atoms with E-state index in [0.717, 1.165) is 22.5 Å². The van der Waals surface area contributed by atoms with Crippen molar-refractivity contribution in [2.45, 2.75) is 6.92 Å². The van der Waals surface area contributed by atoms with Gasteiger partial charge in [0.1, 0.15) is 5.82 Å². The molecule has 1 amide bonds. The summed E-state index contributed by atoms with van der Waals surface area (Å²) in [5.41, 5.74) is 3.45. The summed E-state index contributed by atoms with van der Waals surface area (Å²) in [6, 6.07) is 19.2. The first-order valence-electron chi connectivity index (χ1n) is 8.04. The summed E-state index contributed by atoms with van der Waals surface area (Å²) < 4.78 is 0.714. The van der Waals surface area contributed by atoms with Gasteiger partial charge in [-0.1, -0.05) is 54.7 Å². The standard InChI is InChI=1S/C20H17N3OS2/c1-14-21-11-10-18(22-14)16-8-5-9-17(12-16)23-19(24)13-26-20(25)15-6-3-2-4-7-15/h2-12H,13H2,1H3,(H,23,24). The third-order valence-corrected chi connectivity index (χ3v) is 5.06. The maximum Gasteiger partial charge on any atom is 0.234 e. The Morgan fingerprint density at radius 1 is 1.12 bits per heavy atom. The van der Waals surface area contributed by atoms with Crippen LogP contribution in [0.3, 0.4) is 0 Å². The lowest BCUT2D eigenvalue weighted by molar-refractivity contribution is -0.113. The van der Waals surface area contributed by atoms with E-state index < -0.39 is 0 Å². The number of nitrogens with one attached hydrogen (secondary N) is 1. The number of benzene rings is 2. The maximum absolute atomic E-state index is 12.2. The number of hydrogen-bond acceptors (Lipinski definition) is 5. The molecular formula is C20H17N3OS2. The first-order valence-corrected chi connectivity index (χ1v) is 9.43. The van der Waals surface area contributed by atoms with Crippen LogP contribution in [0.2, 0.25) is 0 Å². The van der Waals surface area contributed by atoms with E-state index in [1.54, 1.807) is 6.20 Å². The zero-order valence-corrected chi connectivity index (χ0v) is 15.8. The van der Waals surface area contributed by atoms with Crippen molar-refractivity contribution < 1.29 is 4.79 Å². The first kappa shape index (κ1) is 18.2. The van der Waals surface area contributed by atoms with E-state index in [1.807, 2.05) is 67.6 Å². The molecule has 0 atom stereocenters. The summed E-state index contributed by atoms with van der Waals surface area (Å²) >= 11 is 6.73. The number of amides is 1. The van der Waals surface area contributed by atoms with Crippen molar-refractivity contribution in [1.82, 2.24) is 9.97 Å². The lowest BCUT2D eigenvalue weighted by Crippen LogP contribution is -2.15. The Kier molecular flexibility index (Phi) is 6.09. The van der Waals surface area contributed by atoms with Crippen LogP contribution in [0.4, 0.5) is 5.69 Å². The van der Waals surface area contributed by atoms with Gasteiger partial charge in [0.2, 0.25) is 5.91 Å². The lowest BCUT2D eigenvalue weighted by atomic mass is 10.1. The summed E-state index contributed by atoms with van der Waals surface area (Å²) in [7, 11) is 0. The van der Waals surface area contributed by atoms with Gasteiger partial charge in [0, 0.05) is 17.4 Å². The van der Waals surface area contributed by atoms with Crippen LogP contribution in [0.5, 0.6) is 0 Å². The number of aryl methyl sites for hydroxylation is 1. The van der Waals surface area contributed by atoms with E-state index in [9.17, 15) is 4.79 Å². The number of thioether (sulfide) groups is 1. The van der Waals surface area contributed by atoms with Crippen molar-refractivity contribution >= 4 is 39.8 Å². The van der Waals surface area contributed by atoms with Crippen molar-refractivity contribution in [2.24, 2.45) is 0 Å². The summed E-state index contributed by atoms with van der Waals surface area (Å²) in [5, 5.41) is 2.91. The highest BCUT2D eigenvalue weighted by Gasteiger charge is 2.08. The van der Waals surface area contributed by atoms with Gasteiger partial charge in [-0.05, 0) is 30.7 Å². The molecule has 0 saturated heterocycles. The topological polar surface area (TPSA) is 54.9 Å². The van der Waals surface area contributed by atoms with Gasteiger partial charge >= 0.3 is 0 Å². The van der Waals surface area contributed by atoms with Crippen LogP contribution < -0.4 is 5.32 Å². The fraction of sp³-hybridized carbons (Fsp3) is 0.100. The minimum absolute atomic E-state index is 0.0932. The molecule has 4 nitrogen and oxygen atoms in total. The molecule has 0 radical (unpaired) electrons. The Morgan fingerprint density at radius 3 is 2.69 bits per heavy atom. The second-order valence-corrected chi connectivity index (χ2v) is 7.21. The van der Waals surface area contributed by atoms with E-state index in [2.05, 4.69) is 15.3 Å². The fourth-order valence-corrected chi connectivity index (χ4v) is 3.31. The van der Waals surface area contributed by atoms with Gasteiger partial charge < -0.3 is 5.32 Å². The Hall–Kier alpha value is -2.57. The highest BCUT2D eigenvalue weighted by Crippen LogP contribution is 2.21. The van der Waals surface area contributed by atoms with Crippen LogP contribution in [0.15, 0.2) is 66.9 Å². The molecule has 1 N–H and O–H groups in total. The van der Waals surface area contributed by atoms with Crippen molar-refractivity contribution in [2.75, 3.05) is 11.1 Å². The molecule has 0 aliphatic heterocycles. The predicted molar refractivity (Wildman–Crippen MR) is 111 cm³/mol. The quantitative estimate of drug-likeness (QED) is 0.662. The fourth-order valence-electron chi connectivity index (χ4n) is 2.36. The van der Waals surface area contributed by atoms with Crippen molar-refractivity contribution in [1.29, 1.82) is 0 Å². The molecule has 3 aromatic rings. The molecule has 1 aromatic heterocycles. The lowest BCUT2D eigenvalue weighted by Gasteiger charge is -2.08. The van der Waals surface area contributed by atoms with Gasteiger partial charge in [-0.15, -0.1) is 11.8 Å². The average molecular weight is 380 g/mol. The molecule has 0 saturated carbocycles. The Labute approximate surface area is 162 Å². The first-order chi connectivity index (χ1) is 12.6. The number of nitrogens with zero attached hydrogens (tertiary/aromatic N) is 2. The molecule has 2 aromatic carbocycles. The monoisotopic (exact) mass is 379 g/mol. The van der Waals surface area contributed by atoms with Gasteiger partial charge in [0.25, 0.3) is 0 Å². The number of carbonyl (C=O) groups excluding carboxylic acids is 1. The molecule has 130 valence electrons. The Morgan fingerprint density at radius 2 is 1.92 bits per heavy atom. The van der Waals surface area contributed by atoms with Crippen LogP contribution in [-0.2, 0) is 4.79 Å². The largest absolute Gasteiger partial charge is 0.325 e. The predicted octanol–water partition coefficient (Wildman–Crippen LogP) is 4.50. The third-order valence-electron chi connectivity index (χ3n) is 3.56. The molecular weight excluding hydrogens is 362 g/mol. The molecule has 0 aliphatic carbocycles. The van der Waals surface area contributed by atoms with Crippen molar-refractivity contribution in [3.05, 3.63) is 78.2 Å². The van der Waals surface area contributed by atoms with Gasteiger partial charge in [0.15, 0.2) is 0 Å². The SMILES string of the molecule is Cc1nccc(-c2cccc(NC(=O)CSC(=S)c3ccccc3)c2)n1. The molecule has 0 bridgehead atoms. The van der Waals surface area contributed by atoms with E-state index in [0.29, 0.717) is 10.0 Å². The van der Waals surface area contributed by atoms with Crippen molar-refractivity contribution in [3.63, 3.8) is 0 Å². The Balaban J connectivity index is 1.61. The summed E-state index contributed by atoms with van der Waals surface area (Å²) in [6.45, 7) is 1.85. The van der Waals surface area contributed by atoms with E-state index in [-0.39, 0.29) is 11.7 Å². The number of thiocarbonyl (C=S) groups is 1. The van der Waals surface area contributed by atoms with E-state index in [4.69, 9.17) is 12.2 Å². The smallest absolute Gasteiger partial charge is 0.234 e. The molecule has 1 heterocycles. The second kappa shape index (κ2) is 8.69. The van der Waals surface area contributed by atoms with E-state index in [1.165, 1.54) is 11.8 Å². The van der Waals surface area contributed by atoms with Crippen LogP contribution in [-0.4, -0.2) is 25.8 Å².